The van der Waals surface area contributed by atoms with Gasteiger partial charge in [-0.2, -0.15) is 5.10 Å². The topological polar surface area (TPSA) is 97.9 Å². The lowest BCUT2D eigenvalue weighted by Gasteiger charge is -2.10. The summed E-state index contributed by atoms with van der Waals surface area (Å²) >= 11 is 5.81. The second-order valence-electron chi connectivity index (χ2n) is 5.42. The van der Waals surface area contributed by atoms with Crippen molar-refractivity contribution in [3.8, 4) is 0 Å². The first-order chi connectivity index (χ1) is 12.0. The zero-order chi connectivity index (χ0) is 17.8. The van der Waals surface area contributed by atoms with Gasteiger partial charge in [0.15, 0.2) is 5.15 Å². The zero-order valence-corrected chi connectivity index (χ0v) is 14.3. The molecule has 0 saturated heterocycles. The van der Waals surface area contributed by atoms with Crippen molar-refractivity contribution in [2.24, 2.45) is 7.05 Å². The predicted octanol–water partition coefficient (Wildman–Crippen LogP) is 2.92. The van der Waals surface area contributed by atoms with Gasteiger partial charge in [-0.05, 0) is 29.8 Å². The van der Waals surface area contributed by atoms with E-state index in [4.69, 9.17) is 17.3 Å². The summed E-state index contributed by atoms with van der Waals surface area (Å²) in [5, 5.41) is 10.3. The lowest BCUT2D eigenvalue weighted by atomic mass is 10.2. The molecule has 4 N–H and O–H groups in total. The number of aryl methyl sites for hydroxylation is 1. The zero-order valence-electron chi connectivity index (χ0n) is 13.5. The molecule has 0 bridgehead atoms. The first-order valence-corrected chi connectivity index (χ1v) is 7.95. The number of benzene rings is 1. The van der Waals surface area contributed by atoms with Crippen LogP contribution in [-0.2, 0) is 13.6 Å². The highest BCUT2D eigenvalue weighted by molar-refractivity contribution is 6.29. The Kier molecular flexibility index (Phi) is 4.85. The van der Waals surface area contributed by atoms with Crippen molar-refractivity contribution in [1.29, 1.82) is 0 Å². The van der Waals surface area contributed by atoms with Crippen LogP contribution < -0.4 is 16.4 Å². The minimum absolute atomic E-state index is 0.275. The van der Waals surface area contributed by atoms with E-state index in [1.165, 1.54) is 10.7 Å². The summed E-state index contributed by atoms with van der Waals surface area (Å²) in [6.07, 6.45) is 1.64. The van der Waals surface area contributed by atoms with Gasteiger partial charge in [-0.1, -0.05) is 23.7 Å². The number of nitrogens with two attached hydrogens (primary N) is 1. The van der Waals surface area contributed by atoms with E-state index in [1.54, 1.807) is 13.2 Å². The Labute approximate surface area is 149 Å². The quantitative estimate of drug-likeness (QED) is 0.653. The Balaban J connectivity index is 1.68. The van der Waals surface area contributed by atoms with Crippen LogP contribution in [0.3, 0.4) is 0 Å². The lowest BCUT2D eigenvalue weighted by molar-refractivity contribution is 0.101. The van der Waals surface area contributed by atoms with Crippen molar-refractivity contribution in [2.45, 2.75) is 6.54 Å². The number of hydrogen-bond donors (Lipinski definition) is 3. The van der Waals surface area contributed by atoms with Crippen molar-refractivity contribution in [3.05, 3.63) is 65.1 Å². The van der Waals surface area contributed by atoms with Crippen molar-refractivity contribution < 1.29 is 4.79 Å². The smallest absolute Gasteiger partial charge is 0.273 e. The second kappa shape index (κ2) is 7.23. The first-order valence-electron chi connectivity index (χ1n) is 7.57. The molecular formula is C17H17ClN6O. The van der Waals surface area contributed by atoms with Gasteiger partial charge >= 0.3 is 0 Å². The SMILES string of the molecule is Cn1nc(Cl)cc1C(=O)Nc1cccc(CNc2cccnc2N)c1. The number of carbonyl (C=O) groups excluding carboxylic acids is 1. The third-order valence-corrected chi connectivity index (χ3v) is 3.77. The number of aromatic nitrogens is 3. The molecular weight excluding hydrogens is 340 g/mol. The van der Waals surface area contributed by atoms with Crippen molar-refractivity contribution >= 4 is 34.7 Å². The van der Waals surface area contributed by atoms with Crippen LogP contribution in [0.25, 0.3) is 0 Å². The van der Waals surface area contributed by atoms with E-state index >= 15 is 0 Å². The molecule has 8 heteroatoms. The molecule has 128 valence electrons. The van der Waals surface area contributed by atoms with E-state index in [2.05, 4.69) is 20.7 Å². The van der Waals surface area contributed by atoms with Gasteiger partial charge in [-0.25, -0.2) is 4.98 Å². The molecule has 0 unspecified atom stereocenters. The summed E-state index contributed by atoms with van der Waals surface area (Å²) in [5.74, 6) is 0.170. The fraction of sp³-hybridized carbons (Fsp3) is 0.118. The van der Waals surface area contributed by atoms with E-state index < -0.39 is 0 Å². The van der Waals surface area contributed by atoms with Crippen LogP contribution in [0.5, 0.6) is 0 Å². The number of amides is 1. The van der Waals surface area contributed by atoms with Crippen LogP contribution in [0.2, 0.25) is 5.15 Å². The highest BCUT2D eigenvalue weighted by Crippen LogP contribution is 2.17. The maximum Gasteiger partial charge on any atom is 0.273 e. The number of anilines is 3. The van der Waals surface area contributed by atoms with E-state index in [9.17, 15) is 4.79 Å². The minimum atomic E-state index is -0.275. The number of nitrogen functional groups attached to an aromatic ring is 1. The largest absolute Gasteiger partial charge is 0.382 e. The van der Waals surface area contributed by atoms with Crippen LogP contribution in [0, 0.1) is 0 Å². The summed E-state index contributed by atoms with van der Waals surface area (Å²) in [4.78, 5) is 16.3. The monoisotopic (exact) mass is 356 g/mol. The van der Waals surface area contributed by atoms with Crippen LogP contribution in [0.1, 0.15) is 16.1 Å². The number of pyridine rings is 1. The van der Waals surface area contributed by atoms with Gasteiger partial charge in [-0.3, -0.25) is 9.48 Å². The standard InChI is InChI=1S/C17H17ClN6O/c1-24-14(9-15(18)23-24)17(25)22-12-5-2-4-11(8-12)10-21-13-6-3-7-20-16(13)19/h2-9,21H,10H2,1H3,(H2,19,20)(H,22,25). The van der Waals surface area contributed by atoms with E-state index in [-0.39, 0.29) is 11.1 Å². The second-order valence-corrected chi connectivity index (χ2v) is 5.81. The van der Waals surface area contributed by atoms with E-state index in [1.807, 2.05) is 36.4 Å². The van der Waals surface area contributed by atoms with Gasteiger partial charge in [0.25, 0.3) is 5.91 Å². The number of nitrogens with one attached hydrogen (secondary N) is 2. The average molecular weight is 357 g/mol. The molecule has 0 aliphatic heterocycles. The molecule has 1 amide bonds. The number of halogens is 1. The van der Waals surface area contributed by atoms with Crippen molar-refractivity contribution in [1.82, 2.24) is 14.8 Å². The molecule has 0 atom stereocenters. The summed E-state index contributed by atoms with van der Waals surface area (Å²) in [6, 6.07) is 12.7. The Morgan fingerprint density at radius 2 is 2.12 bits per heavy atom. The molecule has 0 radical (unpaired) electrons. The Morgan fingerprint density at radius 3 is 2.84 bits per heavy atom. The fourth-order valence-corrected chi connectivity index (χ4v) is 2.58. The minimum Gasteiger partial charge on any atom is -0.382 e. The van der Waals surface area contributed by atoms with Crippen LogP contribution in [-0.4, -0.2) is 20.7 Å². The van der Waals surface area contributed by atoms with Crippen molar-refractivity contribution in [2.75, 3.05) is 16.4 Å². The number of rotatable bonds is 5. The maximum atomic E-state index is 12.3. The number of hydrogen-bond acceptors (Lipinski definition) is 5. The molecule has 2 heterocycles. The highest BCUT2D eigenvalue weighted by atomic mass is 35.5. The van der Waals surface area contributed by atoms with Gasteiger partial charge in [0, 0.05) is 31.5 Å². The third kappa shape index (κ3) is 4.07. The molecule has 7 nitrogen and oxygen atoms in total. The van der Waals surface area contributed by atoms with Gasteiger partial charge in [-0.15, -0.1) is 0 Å². The molecule has 25 heavy (non-hydrogen) atoms. The molecule has 3 rings (SSSR count). The number of carbonyl (C=O) groups is 1. The summed E-state index contributed by atoms with van der Waals surface area (Å²) in [5.41, 5.74) is 8.63. The molecule has 0 spiro atoms. The fourth-order valence-electron chi connectivity index (χ4n) is 2.36. The third-order valence-electron chi connectivity index (χ3n) is 3.59. The van der Waals surface area contributed by atoms with Gasteiger partial charge in [0.2, 0.25) is 0 Å². The molecule has 0 aliphatic carbocycles. The van der Waals surface area contributed by atoms with Gasteiger partial charge in [0.1, 0.15) is 11.5 Å². The van der Waals surface area contributed by atoms with E-state index in [0.717, 1.165) is 11.3 Å². The Morgan fingerprint density at radius 1 is 1.28 bits per heavy atom. The first kappa shape index (κ1) is 16.8. The Hall–Kier alpha value is -3.06. The Bertz CT molecular complexity index is 908. The van der Waals surface area contributed by atoms with Gasteiger partial charge < -0.3 is 16.4 Å². The van der Waals surface area contributed by atoms with Crippen LogP contribution >= 0.6 is 11.6 Å². The normalized spacial score (nSPS) is 10.5. The molecule has 2 aromatic heterocycles. The molecule has 0 saturated carbocycles. The van der Waals surface area contributed by atoms with Crippen LogP contribution in [0.4, 0.5) is 17.2 Å². The predicted molar refractivity (Wildman–Crippen MR) is 98.6 cm³/mol. The summed E-state index contributed by atoms with van der Waals surface area (Å²) in [6.45, 7) is 0.553. The highest BCUT2D eigenvalue weighted by Gasteiger charge is 2.12. The van der Waals surface area contributed by atoms with Gasteiger partial charge in [0.05, 0.1) is 5.69 Å². The number of nitrogens with zero attached hydrogens (tertiary/aromatic N) is 3. The molecule has 3 aromatic rings. The maximum absolute atomic E-state index is 12.3. The lowest BCUT2D eigenvalue weighted by Crippen LogP contribution is -2.16. The van der Waals surface area contributed by atoms with E-state index in [0.29, 0.717) is 23.7 Å². The van der Waals surface area contributed by atoms with Crippen LogP contribution in [0.15, 0.2) is 48.7 Å². The summed E-state index contributed by atoms with van der Waals surface area (Å²) < 4.78 is 1.44. The molecule has 0 fully saturated rings. The van der Waals surface area contributed by atoms with Crippen molar-refractivity contribution in [3.63, 3.8) is 0 Å². The molecule has 1 aromatic carbocycles. The average Bonchev–Trinajstić information content (AvgIpc) is 2.93. The molecule has 0 aliphatic rings. The summed E-state index contributed by atoms with van der Waals surface area (Å²) in [7, 11) is 1.67.